The highest BCUT2D eigenvalue weighted by atomic mass is 16.6. The van der Waals surface area contributed by atoms with Gasteiger partial charge in [-0.05, 0) is 56.2 Å². The molecule has 0 aromatic heterocycles. The Morgan fingerprint density at radius 2 is 1.61 bits per heavy atom. The van der Waals surface area contributed by atoms with Crippen molar-refractivity contribution in [3.8, 4) is 6.07 Å². The first kappa shape index (κ1) is 26.2. The largest absolute Gasteiger partial charge is 0.444 e. The van der Waals surface area contributed by atoms with Gasteiger partial charge in [0, 0.05) is 5.69 Å². The van der Waals surface area contributed by atoms with Crippen LogP contribution in [0.2, 0.25) is 0 Å². The molecule has 0 bridgehead atoms. The number of hydrogen-bond acceptors (Lipinski definition) is 5. The van der Waals surface area contributed by atoms with Crippen LogP contribution >= 0.6 is 0 Å². The lowest BCUT2D eigenvalue weighted by atomic mass is 10.0. The summed E-state index contributed by atoms with van der Waals surface area (Å²) in [5.41, 5.74) is 0.346. The number of nitriles is 1. The van der Waals surface area contributed by atoms with Crippen LogP contribution in [-0.4, -0.2) is 41.0 Å². The maximum Gasteiger partial charge on any atom is 0.408 e. The van der Waals surface area contributed by atoms with Crippen LogP contribution < -0.4 is 10.6 Å². The number of benzene rings is 3. The predicted octanol–water partition coefficient (Wildman–Crippen LogP) is 4.78. The van der Waals surface area contributed by atoms with Gasteiger partial charge in [0.1, 0.15) is 24.2 Å². The molecule has 0 saturated heterocycles. The predicted molar refractivity (Wildman–Crippen MR) is 138 cm³/mol. The van der Waals surface area contributed by atoms with E-state index >= 15 is 0 Å². The summed E-state index contributed by atoms with van der Waals surface area (Å²) in [4.78, 5) is 40.4. The topological polar surface area (TPSA) is 112 Å². The summed E-state index contributed by atoms with van der Waals surface area (Å²) < 4.78 is 5.24. The average Bonchev–Trinajstić information content (AvgIpc) is 2.82. The molecule has 3 amide bonds. The molecule has 0 heterocycles. The second kappa shape index (κ2) is 11.4. The molecule has 36 heavy (non-hydrogen) atoms. The molecule has 0 aliphatic heterocycles. The van der Waals surface area contributed by atoms with E-state index in [0.717, 1.165) is 15.7 Å². The van der Waals surface area contributed by atoms with Gasteiger partial charge in [-0.2, -0.15) is 5.26 Å². The second-order valence-corrected chi connectivity index (χ2v) is 9.36. The Labute approximate surface area is 210 Å². The number of rotatable bonds is 7. The SMILES string of the molecule is CC(NC(=O)OC(C)(C)C)C(=O)N(CC#N)C(C(=O)Nc1ccc2ccccc2c1)c1ccccc1. The second-order valence-electron chi connectivity index (χ2n) is 9.36. The van der Waals surface area contributed by atoms with Crippen molar-refractivity contribution in [3.63, 3.8) is 0 Å². The van der Waals surface area contributed by atoms with Crippen molar-refractivity contribution in [1.29, 1.82) is 5.26 Å². The van der Waals surface area contributed by atoms with Crippen molar-refractivity contribution in [2.45, 2.75) is 45.4 Å². The molecule has 2 N–H and O–H groups in total. The van der Waals surface area contributed by atoms with E-state index < -0.39 is 35.6 Å². The zero-order valence-electron chi connectivity index (χ0n) is 20.8. The fraction of sp³-hybridized carbons (Fsp3) is 0.286. The van der Waals surface area contributed by atoms with Crippen LogP contribution in [0.3, 0.4) is 0 Å². The molecular weight excluding hydrogens is 456 g/mol. The van der Waals surface area contributed by atoms with Gasteiger partial charge in [0.25, 0.3) is 5.91 Å². The third-order valence-corrected chi connectivity index (χ3v) is 5.32. The highest BCUT2D eigenvalue weighted by molar-refractivity contribution is 6.00. The van der Waals surface area contributed by atoms with Crippen molar-refractivity contribution < 1.29 is 19.1 Å². The van der Waals surface area contributed by atoms with Crippen LogP contribution in [0.4, 0.5) is 10.5 Å². The molecule has 0 aliphatic rings. The number of anilines is 1. The van der Waals surface area contributed by atoms with E-state index in [9.17, 15) is 19.6 Å². The zero-order valence-corrected chi connectivity index (χ0v) is 20.8. The molecule has 8 nitrogen and oxygen atoms in total. The Kier molecular flexibility index (Phi) is 8.28. The van der Waals surface area contributed by atoms with Gasteiger partial charge < -0.3 is 20.3 Å². The van der Waals surface area contributed by atoms with Gasteiger partial charge in [0.05, 0.1) is 6.07 Å². The van der Waals surface area contributed by atoms with Gasteiger partial charge in [-0.1, -0.05) is 60.7 Å². The summed E-state index contributed by atoms with van der Waals surface area (Å²) in [6.07, 6.45) is -0.767. The molecule has 186 valence electrons. The Bertz CT molecular complexity index is 1280. The van der Waals surface area contributed by atoms with Crippen molar-refractivity contribution in [3.05, 3.63) is 78.4 Å². The summed E-state index contributed by atoms with van der Waals surface area (Å²) in [5.74, 6) is -1.07. The molecule has 3 aromatic rings. The molecule has 3 rings (SSSR count). The van der Waals surface area contributed by atoms with Crippen LogP contribution in [0, 0.1) is 11.3 Å². The van der Waals surface area contributed by atoms with Crippen molar-refractivity contribution in [2.75, 3.05) is 11.9 Å². The molecule has 0 aliphatic carbocycles. The molecule has 8 heteroatoms. The summed E-state index contributed by atoms with van der Waals surface area (Å²) in [6.45, 7) is 6.26. The minimum absolute atomic E-state index is 0.357. The highest BCUT2D eigenvalue weighted by Crippen LogP contribution is 2.25. The lowest BCUT2D eigenvalue weighted by Crippen LogP contribution is -2.51. The molecule has 2 unspecified atom stereocenters. The van der Waals surface area contributed by atoms with Crippen molar-refractivity contribution >= 4 is 34.4 Å². The van der Waals surface area contributed by atoms with Gasteiger partial charge in [-0.15, -0.1) is 0 Å². The van der Waals surface area contributed by atoms with Gasteiger partial charge in [0.2, 0.25) is 5.91 Å². The molecular formula is C28H30N4O4. The number of hydrogen-bond donors (Lipinski definition) is 2. The molecule has 0 radical (unpaired) electrons. The maximum absolute atomic E-state index is 13.6. The Morgan fingerprint density at radius 3 is 2.25 bits per heavy atom. The van der Waals surface area contributed by atoms with Gasteiger partial charge >= 0.3 is 6.09 Å². The van der Waals surface area contributed by atoms with Crippen LogP contribution in [0.25, 0.3) is 10.8 Å². The normalized spacial score (nSPS) is 12.6. The van der Waals surface area contributed by atoms with Crippen LogP contribution in [0.5, 0.6) is 0 Å². The minimum atomic E-state index is -1.10. The summed E-state index contributed by atoms with van der Waals surface area (Å²) in [7, 11) is 0. The molecule has 0 saturated carbocycles. The van der Waals surface area contributed by atoms with E-state index in [1.807, 2.05) is 42.5 Å². The van der Waals surface area contributed by atoms with Crippen LogP contribution in [-0.2, 0) is 14.3 Å². The van der Waals surface area contributed by atoms with E-state index in [0.29, 0.717) is 11.3 Å². The summed E-state index contributed by atoms with van der Waals surface area (Å²) in [6, 6.07) is 21.8. The standard InChI is InChI=1S/C28H30N4O4/c1-19(30-27(35)36-28(2,3)4)26(34)32(17-16-29)24(21-11-6-5-7-12-21)25(33)31-23-15-14-20-10-8-9-13-22(20)18-23/h5-15,18-19,24H,17H2,1-4H3,(H,30,35)(H,31,33). The third-order valence-electron chi connectivity index (χ3n) is 5.32. The van der Waals surface area contributed by atoms with E-state index in [1.165, 1.54) is 6.92 Å². The Morgan fingerprint density at radius 1 is 0.972 bits per heavy atom. The molecule has 0 spiro atoms. The average molecular weight is 487 g/mol. The lowest BCUT2D eigenvalue weighted by molar-refractivity contribution is -0.139. The number of nitrogens with one attached hydrogen (secondary N) is 2. The van der Waals surface area contributed by atoms with Gasteiger partial charge in [-0.25, -0.2) is 4.79 Å². The number of ether oxygens (including phenoxy) is 1. The van der Waals surface area contributed by atoms with Crippen LogP contribution in [0.15, 0.2) is 72.8 Å². The maximum atomic E-state index is 13.6. The molecule has 2 atom stereocenters. The van der Waals surface area contributed by atoms with E-state index in [1.54, 1.807) is 57.2 Å². The Balaban J connectivity index is 1.90. The highest BCUT2D eigenvalue weighted by Gasteiger charge is 2.34. The number of nitrogens with zero attached hydrogens (tertiary/aromatic N) is 2. The fourth-order valence-corrected chi connectivity index (χ4v) is 3.75. The smallest absolute Gasteiger partial charge is 0.408 e. The van der Waals surface area contributed by atoms with Crippen molar-refractivity contribution in [1.82, 2.24) is 10.2 Å². The third kappa shape index (κ3) is 6.83. The number of alkyl carbamates (subject to hydrolysis) is 1. The zero-order chi connectivity index (χ0) is 26.3. The van der Waals surface area contributed by atoms with Crippen molar-refractivity contribution in [2.24, 2.45) is 0 Å². The first-order chi connectivity index (χ1) is 17.1. The van der Waals surface area contributed by atoms with E-state index in [4.69, 9.17) is 4.74 Å². The Hall–Kier alpha value is -4.38. The first-order valence-electron chi connectivity index (χ1n) is 11.6. The molecule has 3 aromatic carbocycles. The first-order valence-corrected chi connectivity index (χ1v) is 11.6. The summed E-state index contributed by atoms with van der Waals surface area (Å²) >= 11 is 0. The molecule has 0 fully saturated rings. The number of amides is 3. The number of carbonyl (C=O) groups excluding carboxylic acids is 3. The monoisotopic (exact) mass is 486 g/mol. The van der Waals surface area contributed by atoms with E-state index in [2.05, 4.69) is 10.6 Å². The summed E-state index contributed by atoms with van der Waals surface area (Å²) in [5, 5.41) is 16.9. The van der Waals surface area contributed by atoms with Gasteiger partial charge in [-0.3, -0.25) is 9.59 Å². The fourth-order valence-electron chi connectivity index (χ4n) is 3.75. The van der Waals surface area contributed by atoms with E-state index in [-0.39, 0.29) is 6.54 Å². The quantitative estimate of drug-likeness (QED) is 0.467. The number of carbonyl (C=O) groups is 3. The number of fused-ring (bicyclic) bond motifs is 1. The van der Waals surface area contributed by atoms with Gasteiger partial charge in [0.15, 0.2) is 0 Å². The lowest BCUT2D eigenvalue weighted by Gasteiger charge is -2.32. The van der Waals surface area contributed by atoms with Crippen LogP contribution in [0.1, 0.15) is 39.3 Å². The minimum Gasteiger partial charge on any atom is -0.444 e.